The average molecular weight is 348 g/mol. The second-order valence-electron chi connectivity index (χ2n) is 6.29. The van der Waals surface area contributed by atoms with Crippen LogP contribution in [0.25, 0.3) is 0 Å². The first-order valence-corrected chi connectivity index (χ1v) is 10.0. The number of benzene rings is 1. The van der Waals surface area contributed by atoms with E-state index in [1.165, 1.54) is 18.6 Å². The molecule has 2 aromatic rings. The number of nitrogens with zero attached hydrogens (tertiary/aromatic N) is 3. The highest BCUT2D eigenvalue weighted by atomic mass is 32.2. The Balaban J connectivity index is 1.83. The Morgan fingerprint density at radius 2 is 2.08 bits per heavy atom. The molecule has 2 heterocycles. The normalized spacial score (nSPS) is 18.5. The van der Waals surface area contributed by atoms with E-state index in [1.54, 1.807) is 0 Å². The number of hydrogen-bond donors (Lipinski definition) is 1. The van der Waals surface area contributed by atoms with Gasteiger partial charge < -0.3 is 5.32 Å². The van der Waals surface area contributed by atoms with Crippen LogP contribution < -0.4 is 5.32 Å². The lowest BCUT2D eigenvalue weighted by Crippen LogP contribution is -2.15. The van der Waals surface area contributed by atoms with Crippen molar-refractivity contribution in [3.05, 3.63) is 47.3 Å². The fraction of sp³-hybridized carbons (Fsp3) is 0.556. The number of nitrogens with one attached hydrogen (secondary N) is 1. The molecule has 3 rings (SSSR count). The van der Waals surface area contributed by atoms with Crippen LogP contribution in [-0.4, -0.2) is 39.9 Å². The molecular formula is C18H25FN4S. The summed E-state index contributed by atoms with van der Waals surface area (Å²) in [5.74, 6) is 3.31. The van der Waals surface area contributed by atoms with Gasteiger partial charge in [-0.3, -0.25) is 0 Å². The Kier molecular flexibility index (Phi) is 6.26. The monoisotopic (exact) mass is 348 g/mol. The van der Waals surface area contributed by atoms with Crippen molar-refractivity contribution in [2.75, 3.05) is 25.1 Å². The van der Waals surface area contributed by atoms with Crippen LogP contribution in [0.15, 0.2) is 24.3 Å². The van der Waals surface area contributed by atoms with Gasteiger partial charge in [0.2, 0.25) is 0 Å². The van der Waals surface area contributed by atoms with Gasteiger partial charge in [0.25, 0.3) is 0 Å². The van der Waals surface area contributed by atoms with E-state index >= 15 is 0 Å². The smallest absolute Gasteiger partial charge is 0.151 e. The van der Waals surface area contributed by atoms with Crippen molar-refractivity contribution < 1.29 is 4.39 Å². The third-order valence-corrected chi connectivity index (χ3v) is 5.07. The highest BCUT2D eigenvalue weighted by molar-refractivity contribution is 7.98. The van der Waals surface area contributed by atoms with E-state index in [4.69, 9.17) is 10.1 Å². The van der Waals surface area contributed by atoms with E-state index in [0.29, 0.717) is 12.5 Å². The average Bonchev–Trinajstić information content (AvgIpc) is 2.80. The molecule has 1 aliphatic rings. The van der Waals surface area contributed by atoms with E-state index in [1.807, 2.05) is 28.6 Å². The Labute approximate surface area is 147 Å². The zero-order valence-electron chi connectivity index (χ0n) is 14.2. The Morgan fingerprint density at radius 1 is 1.25 bits per heavy atom. The van der Waals surface area contributed by atoms with Crippen LogP contribution in [0.4, 0.5) is 4.39 Å². The van der Waals surface area contributed by atoms with Gasteiger partial charge in [0.05, 0.1) is 6.54 Å². The Hall–Kier alpha value is -1.40. The molecule has 1 fully saturated rings. The third-order valence-electron chi connectivity index (χ3n) is 4.46. The fourth-order valence-corrected chi connectivity index (χ4v) is 3.55. The Morgan fingerprint density at radius 3 is 2.88 bits per heavy atom. The Bertz CT molecular complexity index is 633. The van der Waals surface area contributed by atoms with E-state index in [2.05, 4.69) is 11.6 Å². The largest absolute Gasteiger partial charge is 0.317 e. The van der Waals surface area contributed by atoms with Crippen molar-refractivity contribution in [3.8, 4) is 0 Å². The molecule has 1 saturated heterocycles. The molecule has 0 radical (unpaired) electrons. The molecule has 1 aromatic heterocycles. The van der Waals surface area contributed by atoms with Crippen molar-refractivity contribution in [1.82, 2.24) is 20.1 Å². The van der Waals surface area contributed by atoms with Crippen molar-refractivity contribution in [2.24, 2.45) is 0 Å². The molecule has 0 spiro atoms. The summed E-state index contributed by atoms with van der Waals surface area (Å²) in [4.78, 5) is 4.86. The van der Waals surface area contributed by atoms with E-state index < -0.39 is 0 Å². The van der Waals surface area contributed by atoms with Crippen molar-refractivity contribution in [1.29, 1.82) is 0 Å². The second-order valence-corrected chi connectivity index (χ2v) is 7.28. The van der Waals surface area contributed by atoms with Crippen LogP contribution in [0.5, 0.6) is 0 Å². The molecule has 1 atom stereocenters. The van der Waals surface area contributed by atoms with Gasteiger partial charge in [-0.25, -0.2) is 14.1 Å². The lowest BCUT2D eigenvalue weighted by molar-refractivity contribution is 0.521. The quantitative estimate of drug-likeness (QED) is 0.870. The van der Waals surface area contributed by atoms with Gasteiger partial charge in [0, 0.05) is 18.1 Å². The lowest BCUT2D eigenvalue weighted by atomic mass is 10.00. The fourth-order valence-electron chi connectivity index (χ4n) is 3.16. The first-order valence-electron chi connectivity index (χ1n) is 8.64. The molecule has 0 bridgehead atoms. The van der Waals surface area contributed by atoms with Gasteiger partial charge in [0.1, 0.15) is 11.6 Å². The van der Waals surface area contributed by atoms with E-state index in [-0.39, 0.29) is 5.82 Å². The van der Waals surface area contributed by atoms with Gasteiger partial charge in [-0.1, -0.05) is 12.1 Å². The summed E-state index contributed by atoms with van der Waals surface area (Å²) in [6.45, 7) is 2.78. The molecule has 0 saturated carbocycles. The maximum atomic E-state index is 13.1. The predicted octanol–water partition coefficient (Wildman–Crippen LogP) is 3.23. The second kappa shape index (κ2) is 8.62. The minimum atomic E-state index is -0.201. The molecule has 4 nitrogen and oxygen atoms in total. The minimum absolute atomic E-state index is 0.201. The SMILES string of the molecule is CSCCc1nc([C@@H]2CCCNCC2)n(Cc2ccc(F)cc2)n1. The maximum absolute atomic E-state index is 13.1. The van der Waals surface area contributed by atoms with E-state index in [9.17, 15) is 4.39 Å². The molecule has 6 heteroatoms. The van der Waals surface area contributed by atoms with Crippen molar-refractivity contribution >= 4 is 11.8 Å². The molecule has 0 amide bonds. The van der Waals surface area contributed by atoms with Gasteiger partial charge in [0.15, 0.2) is 5.82 Å². The summed E-state index contributed by atoms with van der Waals surface area (Å²) in [6.07, 6.45) is 6.43. The molecular weight excluding hydrogens is 323 g/mol. The van der Waals surface area contributed by atoms with Crippen LogP contribution >= 0.6 is 11.8 Å². The molecule has 1 N–H and O–H groups in total. The van der Waals surface area contributed by atoms with Crippen LogP contribution in [-0.2, 0) is 13.0 Å². The van der Waals surface area contributed by atoms with Gasteiger partial charge in [-0.05, 0) is 56.3 Å². The lowest BCUT2D eigenvalue weighted by Gasteiger charge is -2.14. The van der Waals surface area contributed by atoms with Crippen LogP contribution in [0, 0.1) is 5.82 Å². The highest BCUT2D eigenvalue weighted by Crippen LogP contribution is 2.25. The van der Waals surface area contributed by atoms with Crippen LogP contribution in [0.2, 0.25) is 0 Å². The summed E-state index contributed by atoms with van der Waals surface area (Å²) < 4.78 is 15.2. The number of halogens is 1. The molecule has 1 aliphatic heterocycles. The summed E-state index contributed by atoms with van der Waals surface area (Å²) in [6, 6.07) is 6.68. The molecule has 130 valence electrons. The predicted molar refractivity (Wildman–Crippen MR) is 97.1 cm³/mol. The molecule has 0 unspecified atom stereocenters. The van der Waals surface area contributed by atoms with Crippen molar-refractivity contribution in [2.45, 2.75) is 38.1 Å². The maximum Gasteiger partial charge on any atom is 0.151 e. The van der Waals surface area contributed by atoms with Gasteiger partial charge >= 0.3 is 0 Å². The first-order chi connectivity index (χ1) is 11.8. The number of rotatable bonds is 6. The van der Waals surface area contributed by atoms with Gasteiger partial charge in [-0.15, -0.1) is 0 Å². The first kappa shape index (κ1) is 17.4. The summed E-state index contributed by atoms with van der Waals surface area (Å²) in [5.41, 5.74) is 1.06. The van der Waals surface area contributed by atoms with Gasteiger partial charge in [-0.2, -0.15) is 16.9 Å². The zero-order valence-corrected chi connectivity index (χ0v) is 15.0. The van der Waals surface area contributed by atoms with Crippen LogP contribution in [0.1, 0.15) is 42.4 Å². The summed E-state index contributed by atoms with van der Waals surface area (Å²) >= 11 is 1.82. The summed E-state index contributed by atoms with van der Waals surface area (Å²) in [7, 11) is 0. The molecule has 24 heavy (non-hydrogen) atoms. The third kappa shape index (κ3) is 4.57. The van der Waals surface area contributed by atoms with Crippen LogP contribution in [0.3, 0.4) is 0 Å². The number of aromatic nitrogens is 3. The number of thioether (sulfide) groups is 1. The van der Waals surface area contributed by atoms with E-state index in [0.717, 1.165) is 55.3 Å². The number of hydrogen-bond acceptors (Lipinski definition) is 4. The highest BCUT2D eigenvalue weighted by Gasteiger charge is 2.21. The topological polar surface area (TPSA) is 42.7 Å². The summed E-state index contributed by atoms with van der Waals surface area (Å²) in [5, 5.41) is 8.21. The molecule has 1 aromatic carbocycles. The zero-order chi connectivity index (χ0) is 16.8. The number of aryl methyl sites for hydroxylation is 1. The minimum Gasteiger partial charge on any atom is -0.317 e. The molecule has 0 aliphatic carbocycles. The standard InChI is InChI=1S/C18H25FN4S/c1-24-12-9-17-21-18(15-3-2-10-20-11-8-15)23(22-17)13-14-4-6-16(19)7-5-14/h4-7,15,20H,2-3,8-13H2,1H3/t15-/m1/s1. The van der Waals surface area contributed by atoms with Crippen molar-refractivity contribution in [3.63, 3.8) is 0 Å².